The Balaban J connectivity index is 1.44. The van der Waals surface area contributed by atoms with E-state index in [4.69, 9.17) is 33.2 Å². The van der Waals surface area contributed by atoms with Crippen LogP contribution < -0.4 is 4.74 Å². The number of hydrogen-bond acceptors (Lipinski definition) is 26. The normalized spacial score (nSPS) is 22.9. The van der Waals surface area contributed by atoms with E-state index in [1.807, 2.05) is 0 Å². The van der Waals surface area contributed by atoms with Gasteiger partial charge in [0.2, 0.25) is 18.1 Å². The van der Waals surface area contributed by atoms with Crippen molar-refractivity contribution in [2.24, 2.45) is 5.92 Å². The second-order valence-corrected chi connectivity index (χ2v) is 15.2. The van der Waals surface area contributed by atoms with Gasteiger partial charge in [0.05, 0.1) is 41.2 Å². The van der Waals surface area contributed by atoms with Crippen molar-refractivity contribution in [2.45, 2.75) is 55.8 Å². The molecule has 3 aliphatic rings. The number of carbonyl (C=O) groups is 7. The van der Waals surface area contributed by atoms with Crippen LogP contribution in [-0.2, 0) is 49.4 Å². The lowest BCUT2D eigenvalue weighted by Gasteiger charge is -2.44. The monoisotopic (exact) mass is 970 g/mol. The predicted molar refractivity (Wildman–Crippen MR) is 211 cm³/mol. The largest absolute Gasteiger partial charge is 0.504 e. The fourth-order valence-electron chi connectivity index (χ4n) is 7.57. The summed E-state index contributed by atoms with van der Waals surface area (Å²) in [6.45, 7) is -2.28. The van der Waals surface area contributed by atoms with Crippen molar-refractivity contribution in [3.8, 4) is 63.2 Å². The number of carbonyl (C=O) groups excluding carboxylic acids is 6. The molecule has 1 saturated heterocycles. The van der Waals surface area contributed by atoms with Crippen molar-refractivity contribution in [2.75, 3.05) is 6.61 Å². The van der Waals surface area contributed by atoms with E-state index < -0.39 is 207 Å². The van der Waals surface area contributed by atoms with Gasteiger partial charge in [-0.3, -0.25) is 9.59 Å². The lowest BCUT2D eigenvalue weighted by Crippen LogP contribution is -2.63. The van der Waals surface area contributed by atoms with Crippen LogP contribution in [-0.4, -0.2) is 152 Å². The molecule has 0 aliphatic carbocycles. The fourth-order valence-corrected chi connectivity index (χ4v) is 7.57. The van der Waals surface area contributed by atoms with Gasteiger partial charge in [0.1, 0.15) is 12.7 Å². The van der Waals surface area contributed by atoms with Gasteiger partial charge in [0.15, 0.2) is 75.8 Å². The molecule has 364 valence electrons. The number of carboxylic acid groups (broad SMARTS) is 1. The molecule has 0 radical (unpaired) electrons. The Kier molecular flexibility index (Phi) is 12.8. The summed E-state index contributed by atoms with van der Waals surface area (Å²) < 4.78 is 38.8. The first-order valence-corrected chi connectivity index (χ1v) is 19.5. The number of ether oxygens (including phenoxy) is 7. The van der Waals surface area contributed by atoms with E-state index in [2.05, 4.69) is 0 Å². The maximum absolute atomic E-state index is 14.6. The van der Waals surface area contributed by atoms with Crippen LogP contribution in [0.25, 0.3) is 0 Å². The third kappa shape index (κ3) is 9.01. The molecule has 27 heteroatoms. The average molecular weight is 971 g/mol. The third-order valence-electron chi connectivity index (χ3n) is 10.9. The average Bonchev–Trinajstić information content (AvgIpc) is 3.30. The maximum Gasteiger partial charge on any atom is 0.341 e. The first kappa shape index (κ1) is 48.0. The molecule has 3 aliphatic heterocycles. The van der Waals surface area contributed by atoms with Crippen LogP contribution in [0.2, 0.25) is 0 Å². The summed E-state index contributed by atoms with van der Waals surface area (Å²) in [5.41, 5.74) is -4.50. The molecule has 1 fully saturated rings. The number of aliphatic carboxylic acids is 1. The van der Waals surface area contributed by atoms with E-state index in [0.717, 1.165) is 6.07 Å². The third-order valence-corrected chi connectivity index (χ3v) is 10.9. The van der Waals surface area contributed by atoms with Crippen molar-refractivity contribution in [1.82, 2.24) is 0 Å². The maximum atomic E-state index is 14.6. The standard InChI is InChI=1S/C42H34O27/c43-9-14-1-11(2-17(44)27(14)52)37(58)67-34-32-23(10-63-36(57)12-3-18(45)28(53)19(46)4-12)64-42(69-38(59)13-5-20(47)29(54)21(48)6-13)35(34)68-39(60)15-7-22(49)30(55)33-26(15)25(31(56)41(62)66-33)16(8-24(50)51)40(61)65-32/h1-7,16,23,25,31-32,34-35,42-49,52-56H,8-10H2,(H,50,51). The van der Waals surface area contributed by atoms with Crippen LogP contribution in [0.5, 0.6) is 63.2 Å². The molecule has 2 bridgehead atoms. The number of aromatic hydroxyl groups is 10. The highest BCUT2D eigenvalue weighted by Gasteiger charge is 2.57. The number of aliphatic hydroxyl groups is 2. The van der Waals surface area contributed by atoms with Crippen LogP contribution in [0.1, 0.15) is 64.9 Å². The Morgan fingerprint density at radius 2 is 1.13 bits per heavy atom. The summed E-state index contributed by atoms with van der Waals surface area (Å²) >= 11 is 0. The minimum Gasteiger partial charge on any atom is -0.504 e. The molecule has 0 saturated carbocycles. The summed E-state index contributed by atoms with van der Waals surface area (Å²) in [6, 6.07) is 4.19. The van der Waals surface area contributed by atoms with Crippen molar-refractivity contribution in [3.05, 3.63) is 75.8 Å². The number of phenols is 10. The number of benzene rings is 4. The molecular weight excluding hydrogens is 936 g/mol. The Hall–Kier alpha value is -8.95. The molecule has 4 aromatic carbocycles. The van der Waals surface area contributed by atoms with Crippen LogP contribution >= 0.6 is 0 Å². The van der Waals surface area contributed by atoms with Crippen molar-refractivity contribution in [1.29, 1.82) is 0 Å². The van der Waals surface area contributed by atoms with Crippen molar-refractivity contribution in [3.63, 3.8) is 0 Å². The Labute approximate surface area is 381 Å². The predicted octanol–water partition coefficient (Wildman–Crippen LogP) is -0.195. The molecule has 0 spiro atoms. The number of rotatable bonds is 10. The zero-order valence-corrected chi connectivity index (χ0v) is 34.3. The van der Waals surface area contributed by atoms with E-state index in [9.17, 15) is 99.9 Å². The number of phenolic OH excluding ortho intramolecular Hbond substituents is 9. The van der Waals surface area contributed by atoms with Gasteiger partial charge in [-0.2, -0.15) is 0 Å². The topological polar surface area (TPSA) is 447 Å². The molecular formula is C42H34O27. The lowest BCUT2D eigenvalue weighted by atomic mass is 9.76. The van der Waals surface area contributed by atoms with E-state index in [0.29, 0.717) is 36.4 Å². The zero-order chi connectivity index (χ0) is 50.5. The molecule has 0 aromatic heterocycles. The van der Waals surface area contributed by atoms with Gasteiger partial charge in [-0.25, -0.2) is 24.0 Å². The molecule has 3 heterocycles. The number of fused-ring (bicyclic) bond motifs is 2. The van der Waals surface area contributed by atoms with Crippen LogP contribution in [0.15, 0.2) is 42.5 Å². The van der Waals surface area contributed by atoms with Gasteiger partial charge < -0.3 is 99.5 Å². The van der Waals surface area contributed by atoms with Gasteiger partial charge in [0, 0.05) is 17.0 Å². The lowest BCUT2D eigenvalue weighted by molar-refractivity contribution is -0.287. The molecule has 7 rings (SSSR count). The van der Waals surface area contributed by atoms with Crippen molar-refractivity contribution >= 4 is 41.8 Å². The molecule has 4 aromatic rings. The minimum absolute atomic E-state index is 0.457. The van der Waals surface area contributed by atoms with E-state index in [1.165, 1.54) is 0 Å². The second-order valence-electron chi connectivity index (χ2n) is 15.2. The zero-order valence-electron chi connectivity index (χ0n) is 34.3. The summed E-state index contributed by atoms with van der Waals surface area (Å²) in [6.07, 6.45) is -16.2. The van der Waals surface area contributed by atoms with Gasteiger partial charge >= 0.3 is 41.8 Å². The number of carboxylic acids is 1. The van der Waals surface area contributed by atoms with Crippen LogP contribution in [0, 0.1) is 5.92 Å². The highest BCUT2D eigenvalue weighted by atomic mass is 16.7. The summed E-state index contributed by atoms with van der Waals surface area (Å²) in [5.74, 6) is -28.2. The molecule has 69 heavy (non-hydrogen) atoms. The smallest absolute Gasteiger partial charge is 0.341 e. The second kappa shape index (κ2) is 18.4. The highest BCUT2D eigenvalue weighted by Crippen LogP contribution is 2.51. The minimum atomic E-state index is -2.57. The quantitative estimate of drug-likeness (QED) is 0.0424. The summed E-state index contributed by atoms with van der Waals surface area (Å²) in [4.78, 5) is 95.8. The summed E-state index contributed by atoms with van der Waals surface area (Å²) in [7, 11) is 0. The highest BCUT2D eigenvalue weighted by molar-refractivity contribution is 5.98. The SMILES string of the molecule is O=C(O)CC1C(=O)OC2C(COC(=O)c3cc(O)c(O)c(O)c3)OC(OC(=O)c3cc(O)c(O)c(O)c3)C(OC(=O)c3cc(O)c(O)c4c3C1C(O)C(=O)O4)C2OC(=O)c1cc(O)c(O)c(CO)c1. The first-order valence-electron chi connectivity index (χ1n) is 19.5. The molecule has 8 unspecified atom stereocenters. The number of aliphatic hydroxyl groups excluding tert-OH is 2. The number of hydrogen-bond donors (Lipinski definition) is 13. The van der Waals surface area contributed by atoms with Crippen LogP contribution in [0.3, 0.4) is 0 Å². The molecule has 8 atom stereocenters. The Morgan fingerprint density at radius 1 is 0.609 bits per heavy atom. The van der Waals surface area contributed by atoms with Gasteiger partial charge in [-0.05, 0) is 42.5 Å². The van der Waals surface area contributed by atoms with Gasteiger partial charge in [-0.15, -0.1) is 0 Å². The van der Waals surface area contributed by atoms with E-state index in [1.54, 1.807) is 0 Å². The first-order chi connectivity index (χ1) is 32.5. The Morgan fingerprint density at radius 3 is 1.70 bits per heavy atom. The Bertz CT molecular complexity index is 2790. The van der Waals surface area contributed by atoms with E-state index >= 15 is 0 Å². The van der Waals surface area contributed by atoms with Gasteiger partial charge in [0.25, 0.3) is 0 Å². The summed E-state index contributed by atoms with van der Waals surface area (Å²) in [5, 5.41) is 133. The molecule has 0 amide bonds. The van der Waals surface area contributed by atoms with Crippen molar-refractivity contribution < 1.29 is 133 Å². The van der Waals surface area contributed by atoms with E-state index in [-0.39, 0.29) is 0 Å². The van der Waals surface area contributed by atoms with Gasteiger partial charge in [-0.1, -0.05) is 0 Å². The molecule has 27 nitrogen and oxygen atoms in total. The fraction of sp³-hybridized carbons (Fsp3) is 0.262. The molecule has 13 N–H and O–H groups in total. The van der Waals surface area contributed by atoms with Crippen LogP contribution in [0.4, 0.5) is 0 Å². The number of esters is 6.